The van der Waals surface area contributed by atoms with Crippen LogP contribution in [0.3, 0.4) is 0 Å². The molecule has 0 aliphatic rings. The Morgan fingerprint density at radius 1 is 0.698 bits per heavy atom. The van der Waals surface area contributed by atoms with Gasteiger partial charge in [-0.2, -0.15) is 4.31 Å². The fourth-order valence-electron chi connectivity index (χ4n) is 4.00. The first-order valence-electron chi connectivity index (χ1n) is 12.8. The maximum Gasteiger partial charge on any atom is 0.243 e. The lowest BCUT2D eigenvalue weighted by molar-refractivity contribution is 0.219. The molecule has 0 aliphatic carbocycles. The van der Waals surface area contributed by atoms with Gasteiger partial charge in [-0.15, -0.1) is 0 Å². The molecule has 0 radical (unpaired) electrons. The Hall–Kier alpha value is -4.89. The van der Waals surface area contributed by atoms with Gasteiger partial charge in [-0.1, -0.05) is 0 Å². The highest BCUT2D eigenvalue weighted by Crippen LogP contribution is 2.39. The number of hydrogen-bond acceptors (Lipinski definition) is 11. The van der Waals surface area contributed by atoms with Crippen LogP contribution >= 0.6 is 0 Å². The molecule has 0 heterocycles. The van der Waals surface area contributed by atoms with E-state index in [2.05, 4.69) is 0 Å². The molecule has 3 aromatic carbocycles. The molecule has 0 saturated carbocycles. The van der Waals surface area contributed by atoms with E-state index >= 15 is 0 Å². The van der Waals surface area contributed by atoms with E-state index in [1.54, 1.807) is 0 Å². The number of nitrogens with zero attached hydrogens (tertiary/aromatic N) is 1. The summed E-state index contributed by atoms with van der Waals surface area (Å²) >= 11 is 0. The number of hydrogen-bond donors (Lipinski definition) is 5. The lowest BCUT2D eigenvalue weighted by atomic mass is 10.1. The van der Waals surface area contributed by atoms with Gasteiger partial charge in [-0.05, 0) is 48.5 Å². The predicted octanol–water partition coefficient (Wildman–Crippen LogP) is 2.02. The van der Waals surface area contributed by atoms with E-state index in [1.165, 1.54) is 81.3 Å². The molecule has 0 aromatic heterocycles. The zero-order chi connectivity index (χ0) is 31.7. The van der Waals surface area contributed by atoms with Crippen LogP contribution in [-0.2, 0) is 10.0 Å². The number of anilines is 1. The van der Waals surface area contributed by atoms with Crippen molar-refractivity contribution in [3.63, 3.8) is 0 Å². The van der Waals surface area contributed by atoms with Gasteiger partial charge in [0.2, 0.25) is 21.5 Å². The smallest absolute Gasteiger partial charge is 0.243 e. The quantitative estimate of drug-likeness (QED) is 0.0890. The summed E-state index contributed by atoms with van der Waals surface area (Å²) in [6.07, 6.45) is 0. The Bertz CT molecular complexity index is 1430. The maximum atomic E-state index is 13.7. The van der Waals surface area contributed by atoms with Crippen molar-refractivity contribution < 1.29 is 36.8 Å². The van der Waals surface area contributed by atoms with E-state index in [-0.39, 0.29) is 77.4 Å². The van der Waals surface area contributed by atoms with Crippen molar-refractivity contribution in [3.8, 4) is 34.5 Å². The summed E-state index contributed by atoms with van der Waals surface area (Å²) in [6, 6.07) is 11.9. The molecule has 0 amide bonds. The second-order valence-electron chi connectivity index (χ2n) is 8.92. The number of amidine groups is 2. The fraction of sp³-hybridized carbons (Fsp3) is 0.286. The Kier molecular flexibility index (Phi) is 10.9. The average molecular weight is 617 g/mol. The van der Waals surface area contributed by atoms with Gasteiger partial charge in [-0.3, -0.25) is 10.8 Å². The zero-order valence-corrected chi connectivity index (χ0v) is 25.1. The molecule has 0 fully saturated rings. The van der Waals surface area contributed by atoms with Crippen molar-refractivity contribution in [2.45, 2.75) is 4.90 Å². The van der Waals surface area contributed by atoms with Crippen LogP contribution in [-0.4, -0.2) is 79.1 Å². The molecule has 232 valence electrons. The summed E-state index contributed by atoms with van der Waals surface area (Å²) in [4.78, 5) is 0.0312. The molecule has 0 atom stereocenters. The van der Waals surface area contributed by atoms with E-state index < -0.39 is 10.0 Å². The van der Waals surface area contributed by atoms with E-state index in [4.69, 9.17) is 56.4 Å². The maximum absolute atomic E-state index is 13.7. The second-order valence-corrected chi connectivity index (χ2v) is 10.9. The molecule has 3 aromatic rings. The molecule has 0 unspecified atom stereocenters. The number of methoxy groups -OCH3 is 4. The van der Waals surface area contributed by atoms with Gasteiger partial charge in [0.25, 0.3) is 0 Å². The number of rotatable bonds is 16. The number of nitrogen functional groups attached to an aromatic ring is 3. The normalized spacial score (nSPS) is 11.1. The van der Waals surface area contributed by atoms with Crippen molar-refractivity contribution in [2.24, 2.45) is 11.5 Å². The largest absolute Gasteiger partial charge is 0.493 e. The molecule has 14 nitrogen and oxygen atoms in total. The Morgan fingerprint density at radius 2 is 1.05 bits per heavy atom. The van der Waals surface area contributed by atoms with Crippen LogP contribution in [0.1, 0.15) is 11.1 Å². The van der Waals surface area contributed by atoms with Gasteiger partial charge in [-0.25, -0.2) is 8.42 Å². The highest BCUT2D eigenvalue weighted by Gasteiger charge is 2.26. The average Bonchev–Trinajstić information content (AvgIpc) is 2.99. The Balaban J connectivity index is 1.87. The molecule has 0 saturated heterocycles. The molecule has 0 bridgehead atoms. The van der Waals surface area contributed by atoms with Crippen molar-refractivity contribution in [1.82, 2.24) is 4.31 Å². The van der Waals surface area contributed by atoms with Crippen molar-refractivity contribution in [3.05, 3.63) is 59.7 Å². The summed E-state index contributed by atoms with van der Waals surface area (Å²) < 4.78 is 62.0. The Labute approximate surface area is 250 Å². The van der Waals surface area contributed by atoms with Crippen LogP contribution in [0.25, 0.3) is 0 Å². The molecule has 15 heteroatoms. The van der Waals surface area contributed by atoms with Crippen molar-refractivity contribution >= 4 is 27.4 Å². The van der Waals surface area contributed by atoms with Crippen LogP contribution in [0.5, 0.6) is 34.5 Å². The second kappa shape index (κ2) is 14.3. The first kappa shape index (κ1) is 32.6. The van der Waals surface area contributed by atoms with Crippen LogP contribution < -0.4 is 45.6 Å². The van der Waals surface area contributed by atoms with E-state index in [0.717, 1.165) is 0 Å². The summed E-state index contributed by atoms with van der Waals surface area (Å²) in [5, 5.41) is 15.4. The van der Waals surface area contributed by atoms with Gasteiger partial charge in [0.05, 0.1) is 33.3 Å². The highest BCUT2D eigenvalue weighted by molar-refractivity contribution is 7.89. The molecule has 8 N–H and O–H groups in total. The molecule has 43 heavy (non-hydrogen) atoms. The van der Waals surface area contributed by atoms with E-state index in [0.29, 0.717) is 16.8 Å². The van der Waals surface area contributed by atoms with Crippen LogP contribution in [0.2, 0.25) is 0 Å². The number of benzene rings is 3. The summed E-state index contributed by atoms with van der Waals surface area (Å²) in [7, 11) is 1.67. The van der Waals surface area contributed by atoms with Gasteiger partial charge in [0.1, 0.15) is 24.9 Å². The molecule has 3 rings (SSSR count). The summed E-state index contributed by atoms with van der Waals surface area (Å²) in [5.41, 5.74) is 18.2. The van der Waals surface area contributed by atoms with Crippen molar-refractivity contribution in [2.75, 3.05) is 60.5 Å². The van der Waals surface area contributed by atoms with Gasteiger partial charge in [0, 0.05) is 29.9 Å². The minimum absolute atomic E-state index is 0.0312. The number of nitrogens with two attached hydrogens (primary N) is 3. The zero-order valence-electron chi connectivity index (χ0n) is 24.3. The number of sulfonamides is 1. The van der Waals surface area contributed by atoms with Crippen LogP contribution in [0.4, 0.5) is 5.69 Å². The fourth-order valence-corrected chi connectivity index (χ4v) is 5.40. The molecule has 0 spiro atoms. The first-order chi connectivity index (χ1) is 20.5. The third-order valence-electron chi connectivity index (χ3n) is 6.24. The van der Waals surface area contributed by atoms with Crippen molar-refractivity contribution in [1.29, 1.82) is 10.8 Å². The van der Waals surface area contributed by atoms with Gasteiger partial charge < -0.3 is 45.6 Å². The lowest BCUT2D eigenvalue weighted by Gasteiger charge is -2.24. The predicted molar refractivity (Wildman–Crippen MR) is 162 cm³/mol. The topological polar surface area (TPSA) is 219 Å². The van der Waals surface area contributed by atoms with E-state index in [9.17, 15) is 8.42 Å². The number of nitrogens with one attached hydrogen (secondary N) is 2. The Morgan fingerprint density at radius 3 is 1.35 bits per heavy atom. The molecular weight excluding hydrogens is 580 g/mol. The first-order valence-corrected chi connectivity index (χ1v) is 14.2. The summed E-state index contributed by atoms with van der Waals surface area (Å²) in [5.74, 6) is 1.10. The minimum atomic E-state index is -4.02. The third-order valence-corrected chi connectivity index (χ3v) is 8.15. The van der Waals surface area contributed by atoms with Crippen LogP contribution in [0.15, 0.2) is 53.4 Å². The third kappa shape index (κ3) is 7.69. The standard InChI is InChI=1S/C28H36N6O8S/c1-37-21-13-17(27(30)31)14-22(38-2)25(21)41-11-9-34(43(35,36)20-7-5-19(29)6-8-20)10-12-42-26-23(39-3)15-18(28(32)33)16-24(26)40-4/h5-8,13-16H,9-12,29H2,1-4H3,(H3,30,31)(H3,32,33). The number of ether oxygens (including phenoxy) is 6. The van der Waals surface area contributed by atoms with Gasteiger partial charge >= 0.3 is 0 Å². The highest BCUT2D eigenvalue weighted by atomic mass is 32.2. The minimum Gasteiger partial charge on any atom is -0.493 e. The summed E-state index contributed by atoms with van der Waals surface area (Å²) in [6.45, 7) is -0.372. The molecule has 0 aliphatic heterocycles. The SMILES string of the molecule is COc1cc(C(=N)N)cc(OC)c1OCCN(CCOc1c(OC)cc(C(=N)N)cc1OC)S(=O)(=O)c1ccc(N)cc1. The van der Waals surface area contributed by atoms with Gasteiger partial charge in [0.15, 0.2) is 23.0 Å². The monoisotopic (exact) mass is 616 g/mol. The van der Waals surface area contributed by atoms with E-state index in [1.807, 2.05) is 0 Å². The molecular formula is C28H36N6O8S. The lowest BCUT2D eigenvalue weighted by Crippen LogP contribution is -2.37. The van der Waals surface area contributed by atoms with Crippen LogP contribution in [0, 0.1) is 10.8 Å².